The van der Waals surface area contributed by atoms with Gasteiger partial charge in [0.2, 0.25) is 20.0 Å². The Bertz CT molecular complexity index is 704. The molecule has 1 saturated heterocycles. The fourth-order valence-electron chi connectivity index (χ4n) is 2.44. The predicted octanol–water partition coefficient (Wildman–Crippen LogP) is 1.09. The van der Waals surface area contributed by atoms with E-state index in [-0.39, 0.29) is 16.7 Å². The van der Waals surface area contributed by atoms with Crippen molar-refractivity contribution in [2.45, 2.75) is 37.6 Å². The Morgan fingerprint density at radius 3 is 2.14 bits per heavy atom. The molecule has 0 spiro atoms. The van der Waals surface area contributed by atoms with Crippen LogP contribution in [0.3, 0.4) is 0 Å². The molecule has 1 aromatic carbocycles. The maximum absolute atomic E-state index is 12.3. The normalized spacial score (nSPS) is 18.5. The van der Waals surface area contributed by atoms with Crippen LogP contribution in [0, 0.1) is 6.92 Å². The molecule has 8 heteroatoms. The van der Waals surface area contributed by atoms with Gasteiger partial charge in [-0.25, -0.2) is 25.9 Å². The summed E-state index contributed by atoms with van der Waals surface area (Å²) in [4.78, 5) is 0.238. The Morgan fingerprint density at radius 1 is 1.09 bits per heavy atom. The van der Waals surface area contributed by atoms with Gasteiger partial charge in [0, 0.05) is 19.1 Å². The van der Waals surface area contributed by atoms with Crippen LogP contribution in [0.2, 0.25) is 0 Å². The lowest BCUT2D eigenvalue weighted by atomic mass is 10.1. The topological polar surface area (TPSA) is 83.6 Å². The molecule has 1 aliphatic heterocycles. The standard InChI is InChI=1S/C14H22N2O4S2/c1-3-21(17,18)16-10-8-13(9-11-16)15-22(19,20)14-6-4-12(2)5-7-14/h4-7,13,15H,3,8-11H2,1-2H3. The van der Waals surface area contributed by atoms with Gasteiger partial charge in [0.25, 0.3) is 0 Å². The Hall–Kier alpha value is -0.960. The first-order chi connectivity index (χ1) is 10.2. The number of aryl methyl sites for hydroxylation is 1. The summed E-state index contributed by atoms with van der Waals surface area (Å²) in [5, 5.41) is 0. The zero-order chi connectivity index (χ0) is 16.4. The van der Waals surface area contributed by atoms with Gasteiger partial charge in [0.05, 0.1) is 10.6 Å². The van der Waals surface area contributed by atoms with Crippen molar-refractivity contribution in [1.82, 2.24) is 9.03 Å². The van der Waals surface area contributed by atoms with E-state index < -0.39 is 20.0 Å². The van der Waals surface area contributed by atoms with Crippen molar-refractivity contribution in [2.24, 2.45) is 0 Å². The highest BCUT2D eigenvalue weighted by Crippen LogP contribution is 2.17. The molecule has 1 aromatic rings. The van der Waals surface area contributed by atoms with Gasteiger partial charge in [-0.15, -0.1) is 0 Å². The second-order valence-corrected chi connectivity index (χ2v) is 9.48. The van der Waals surface area contributed by atoms with E-state index in [1.807, 2.05) is 6.92 Å². The van der Waals surface area contributed by atoms with Crippen LogP contribution in [0.15, 0.2) is 29.2 Å². The summed E-state index contributed by atoms with van der Waals surface area (Å²) >= 11 is 0. The van der Waals surface area contributed by atoms with Gasteiger partial charge in [-0.3, -0.25) is 0 Å². The minimum absolute atomic E-state index is 0.0762. The van der Waals surface area contributed by atoms with E-state index in [0.717, 1.165) is 5.56 Å². The summed E-state index contributed by atoms with van der Waals surface area (Å²) in [7, 11) is -6.74. The quantitative estimate of drug-likeness (QED) is 0.865. The largest absolute Gasteiger partial charge is 0.240 e. The summed E-state index contributed by atoms with van der Waals surface area (Å²) in [6.45, 7) is 4.23. The number of rotatable bonds is 5. The second-order valence-electron chi connectivity index (χ2n) is 5.51. The molecule has 1 N–H and O–H groups in total. The van der Waals surface area contributed by atoms with Gasteiger partial charge >= 0.3 is 0 Å². The lowest BCUT2D eigenvalue weighted by Gasteiger charge is -2.31. The molecule has 0 unspecified atom stereocenters. The molecule has 22 heavy (non-hydrogen) atoms. The van der Waals surface area contributed by atoms with E-state index in [9.17, 15) is 16.8 Å². The van der Waals surface area contributed by atoms with E-state index >= 15 is 0 Å². The highest BCUT2D eigenvalue weighted by Gasteiger charge is 2.29. The molecule has 0 aromatic heterocycles. The average Bonchev–Trinajstić information content (AvgIpc) is 2.48. The molecule has 1 aliphatic rings. The van der Waals surface area contributed by atoms with Crippen molar-refractivity contribution in [3.8, 4) is 0 Å². The molecule has 2 rings (SSSR count). The van der Waals surface area contributed by atoms with Crippen LogP contribution < -0.4 is 4.72 Å². The fraction of sp³-hybridized carbons (Fsp3) is 0.571. The monoisotopic (exact) mass is 346 g/mol. The molecule has 6 nitrogen and oxygen atoms in total. The van der Waals surface area contributed by atoms with Crippen molar-refractivity contribution in [3.05, 3.63) is 29.8 Å². The van der Waals surface area contributed by atoms with Crippen LogP contribution in [0.4, 0.5) is 0 Å². The van der Waals surface area contributed by atoms with Crippen LogP contribution >= 0.6 is 0 Å². The zero-order valence-corrected chi connectivity index (χ0v) is 14.5. The first kappa shape index (κ1) is 17.4. The number of sulfonamides is 2. The van der Waals surface area contributed by atoms with Gasteiger partial charge in [-0.2, -0.15) is 0 Å². The first-order valence-corrected chi connectivity index (χ1v) is 10.4. The summed E-state index contributed by atoms with van der Waals surface area (Å²) in [6.07, 6.45) is 0.981. The zero-order valence-electron chi connectivity index (χ0n) is 12.8. The Balaban J connectivity index is 2.00. The van der Waals surface area contributed by atoms with Gasteiger partial charge < -0.3 is 0 Å². The van der Waals surface area contributed by atoms with Crippen LogP contribution in [0.5, 0.6) is 0 Å². The number of nitrogens with zero attached hydrogens (tertiary/aromatic N) is 1. The van der Waals surface area contributed by atoms with Crippen LogP contribution in [0.1, 0.15) is 25.3 Å². The van der Waals surface area contributed by atoms with E-state index in [1.54, 1.807) is 31.2 Å². The van der Waals surface area contributed by atoms with Crippen LogP contribution in [-0.2, 0) is 20.0 Å². The number of piperidine rings is 1. The number of hydrogen-bond donors (Lipinski definition) is 1. The molecular weight excluding hydrogens is 324 g/mol. The minimum Gasteiger partial charge on any atom is -0.212 e. The molecule has 0 saturated carbocycles. The molecule has 1 heterocycles. The summed E-state index contributed by atoms with van der Waals surface area (Å²) < 4.78 is 52.3. The molecule has 0 atom stereocenters. The lowest BCUT2D eigenvalue weighted by Crippen LogP contribution is -2.46. The summed E-state index contributed by atoms with van der Waals surface area (Å²) in [5.41, 5.74) is 0.997. The first-order valence-electron chi connectivity index (χ1n) is 7.31. The van der Waals surface area contributed by atoms with E-state index in [1.165, 1.54) is 4.31 Å². The predicted molar refractivity (Wildman–Crippen MR) is 85.6 cm³/mol. The second kappa shape index (κ2) is 6.66. The van der Waals surface area contributed by atoms with E-state index in [2.05, 4.69) is 4.72 Å². The minimum atomic E-state index is -3.55. The third-order valence-corrected chi connectivity index (χ3v) is 7.28. The van der Waals surface area contributed by atoms with Crippen molar-refractivity contribution in [2.75, 3.05) is 18.8 Å². The molecule has 124 valence electrons. The van der Waals surface area contributed by atoms with Crippen LogP contribution in [0.25, 0.3) is 0 Å². The van der Waals surface area contributed by atoms with Crippen molar-refractivity contribution in [3.63, 3.8) is 0 Å². The third-order valence-electron chi connectivity index (χ3n) is 3.87. The fourth-order valence-corrected chi connectivity index (χ4v) is 4.88. The van der Waals surface area contributed by atoms with Crippen molar-refractivity contribution >= 4 is 20.0 Å². The third kappa shape index (κ3) is 4.07. The summed E-state index contributed by atoms with van der Waals surface area (Å²) in [5.74, 6) is 0.0762. The van der Waals surface area contributed by atoms with Gasteiger partial charge in [-0.05, 0) is 38.8 Å². The van der Waals surface area contributed by atoms with Gasteiger partial charge in [0.1, 0.15) is 0 Å². The Kier molecular flexibility index (Phi) is 5.26. The number of benzene rings is 1. The molecule has 0 radical (unpaired) electrons. The van der Waals surface area contributed by atoms with Crippen molar-refractivity contribution in [1.29, 1.82) is 0 Å². The number of hydrogen-bond acceptors (Lipinski definition) is 4. The van der Waals surface area contributed by atoms with Crippen molar-refractivity contribution < 1.29 is 16.8 Å². The lowest BCUT2D eigenvalue weighted by molar-refractivity contribution is 0.309. The molecule has 0 bridgehead atoms. The highest BCUT2D eigenvalue weighted by molar-refractivity contribution is 7.89. The molecule has 0 aliphatic carbocycles. The average molecular weight is 346 g/mol. The SMILES string of the molecule is CCS(=O)(=O)N1CCC(NS(=O)(=O)c2ccc(C)cc2)CC1. The summed E-state index contributed by atoms with van der Waals surface area (Å²) in [6, 6.07) is 6.44. The Morgan fingerprint density at radius 2 is 1.64 bits per heavy atom. The molecular formula is C14H22N2O4S2. The maximum Gasteiger partial charge on any atom is 0.240 e. The smallest absolute Gasteiger partial charge is 0.212 e. The highest BCUT2D eigenvalue weighted by atomic mass is 32.2. The number of nitrogens with one attached hydrogen (secondary N) is 1. The van der Waals surface area contributed by atoms with Crippen LogP contribution in [-0.4, -0.2) is 46.0 Å². The van der Waals surface area contributed by atoms with E-state index in [0.29, 0.717) is 25.9 Å². The van der Waals surface area contributed by atoms with E-state index in [4.69, 9.17) is 0 Å². The maximum atomic E-state index is 12.3. The molecule has 1 fully saturated rings. The molecule has 0 amide bonds. The Labute approximate surface area is 132 Å². The van der Waals surface area contributed by atoms with Gasteiger partial charge in [-0.1, -0.05) is 17.7 Å². The van der Waals surface area contributed by atoms with Gasteiger partial charge in [0.15, 0.2) is 0 Å².